The van der Waals surface area contributed by atoms with Crippen molar-refractivity contribution in [2.75, 3.05) is 13.1 Å². The number of thiol groups is 1. The van der Waals surface area contributed by atoms with Gasteiger partial charge in [0.15, 0.2) is 17.3 Å². The van der Waals surface area contributed by atoms with Crippen LogP contribution in [0.15, 0.2) is 29.5 Å². The minimum absolute atomic E-state index is 0.740. The maximum absolute atomic E-state index is 4.96. The molecule has 3 heterocycles. The van der Waals surface area contributed by atoms with Crippen molar-refractivity contribution in [3.63, 3.8) is 0 Å². The van der Waals surface area contributed by atoms with Gasteiger partial charge < -0.3 is 10.5 Å². The Morgan fingerprint density at radius 2 is 1.76 bits per heavy atom. The van der Waals surface area contributed by atoms with E-state index in [4.69, 9.17) is 28.3 Å². The van der Waals surface area contributed by atoms with Gasteiger partial charge in [-0.1, -0.05) is 6.07 Å². The summed E-state index contributed by atoms with van der Waals surface area (Å²) in [5.74, 6) is 1.61. The average molecular weight is 604 g/mol. The first-order valence-corrected chi connectivity index (χ1v) is 16.9. The Labute approximate surface area is 172 Å². The van der Waals surface area contributed by atoms with E-state index >= 15 is 0 Å². The molecule has 0 radical (unpaired) electrons. The molecule has 0 spiro atoms. The van der Waals surface area contributed by atoms with Crippen LogP contribution in [0.1, 0.15) is 38.3 Å². The Hall–Kier alpha value is 0.228. The molecule has 1 aromatic rings. The van der Waals surface area contributed by atoms with Crippen molar-refractivity contribution in [1.82, 2.24) is 9.88 Å². The second-order valence-corrected chi connectivity index (χ2v) is 16.5. The van der Waals surface area contributed by atoms with Gasteiger partial charge in [-0.05, 0) is 56.6 Å². The first-order chi connectivity index (χ1) is 12.0. The van der Waals surface area contributed by atoms with E-state index in [1.165, 1.54) is 25.7 Å². The molecule has 4 nitrogen and oxygen atoms in total. The van der Waals surface area contributed by atoms with Gasteiger partial charge in [0, 0.05) is 25.0 Å². The van der Waals surface area contributed by atoms with Crippen LogP contribution in [0.25, 0.3) is 5.43 Å². The van der Waals surface area contributed by atoms with Crippen molar-refractivity contribution in [2.24, 2.45) is 16.9 Å². The monoisotopic (exact) mass is 602 g/mol. The first-order valence-electron chi connectivity index (χ1n) is 8.06. The Balaban J connectivity index is 0.000000511. The summed E-state index contributed by atoms with van der Waals surface area (Å²) in [6.07, 6.45) is 7.21. The molecule has 0 amide bonds. The van der Waals surface area contributed by atoms with Crippen molar-refractivity contribution >= 4 is 51.3 Å². The molecule has 2 bridgehead atoms. The van der Waals surface area contributed by atoms with Crippen molar-refractivity contribution in [1.29, 1.82) is 0 Å². The van der Waals surface area contributed by atoms with Crippen molar-refractivity contribution in [3.8, 4) is 0 Å². The van der Waals surface area contributed by atoms with Crippen LogP contribution in [0.3, 0.4) is 0 Å². The summed E-state index contributed by atoms with van der Waals surface area (Å²) in [7, 11) is 14.9. The Morgan fingerprint density at radius 1 is 1.20 bits per heavy atom. The van der Waals surface area contributed by atoms with Gasteiger partial charge in [0.05, 0.1) is 5.69 Å². The Morgan fingerprint density at radius 3 is 2.24 bits per heavy atom. The summed E-state index contributed by atoms with van der Waals surface area (Å²) in [4.78, 5) is 6.58. The van der Waals surface area contributed by atoms with Gasteiger partial charge in [-0.3, -0.25) is 4.98 Å². The second-order valence-electron chi connectivity index (χ2n) is 6.23. The van der Waals surface area contributed by atoms with Crippen molar-refractivity contribution in [2.45, 2.75) is 32.6 Å². The van der Waals surface area contributed by atoms with E-state index in [0.717, 1.165) is 41.4 Å². The SMILES string of the molecule is CC(=N[N-]C(=[SH+])N1CC2CCC(CC2)C1)c1ccccn1.[Cl][Pt]([Cl])[Cl]. The molecule has 4 rings (SSSR count). The molecule has 0 atom stereocenters. The zero-order valence-electron chi connectivity index (χ0n) is 13.9. The maximum atomic E-state index is 4.96. The molecule has 1 aromatic heterocycles. The molecule has 2 aliphatic heterocycles. The molecule has 9 heteroatoms. The van der Waals surface area contributed by atoms with Gasteiger partial charge >= 0.3 is 42.4 Å². The van der Waals surface area contributed by atoms with E-state index in [0.29, 0.717) is 0 Å². The van der Waals surface area contributed by atoms with E-state index in [1.807, 2.05) is 25.1 Å². The van der Waals surface area contributed by atoms with Crippen LogP contribution in [-0.2, 0) is 26.4 Å². The molecule has 0 aromatic carbocycles. The number of hydrogen-bond acceptors (Lipinski definition) is 2. The van der Waals surface area contributed by atoms with Gasteiger partial charge in [-0.2, -0.15) is 0 Å². The van der Waals surface area contributed by atoms with Gasteiger partial charge in [-0.25, -0.2) is 4.90 Å². The number of aromatic nitrogens is 1. The molecule has 143 valence electrons. The normalized spacial score (nSPS) is 24.0. The molecular weight excluding hydrogens is 582 g/mol. The summed E-state index contributed by atoms with van der Waals surface area (Å²) in [5.41, 5.74) is 6.00. The predicted molar refractivity (Wildman–Crippen MR) is 108 cm³/mol. The zero-order valence-corrected chi connectivity index (χ0v) is 19.3. The molecule has 0 unspecified atom stereocenters. The fourth-order valence-electron chi connectivity index (χ4n) is 3.27. The second kappa shape index (κ2) is 11.2. The van der Waals surface area contributed by atoms with Crippen molar-refractivity contribution < 1.29 is 14.2 Å². The van der Waals surface area contributed by atoms with Crippen LogP contribution in [0.5, 0.6) is 0 Å². The summed E-state index contributed by atoms with van der Waals surface area (Å²) in [6.45, 7) is 4.09. The Kier molecular flexibility index (Phi) is 9.61. The van der Waals surface area contributed by atoms with Gasteiger partial charge in [0.1, 0.15) is 0 Å². The van der Waals surface area contributed by atoms with E-state index in [-0.39, 0.29) is 0 Å². The zero-order chi connectivity index (χ0) is 18.2. The fourth-order valence-corrected chi connectivity index (χ4v) is 3.48. The van der Waals surface area contributed by atoms with Crippen LogP contribution < -0.4 is 0 Å². The number of fused-ring (bicyclic) bond motifs is 4. The summed E-state index contributed by atoms with van der Waals surface area (Å²) in [5, 5.41) is 5.03. The van der Waals surface area contributed by atoms with Crippen LogP contribution in [-0.4, -0.2) is 33.8 Å². The standard InChI is InChI=1S/C16H22N4S.3ClH.Pt/c1-12(15-4-2-3-9-17-15)18-19-16(21)20-10-13-5-6-14(11-20)8-7-13;;;;/h2-4,9,13-14H,5-8,10-11H2,1H3,(H,17,19,21);3*1H;/q;;;;+3/p-3. The third-order valence-electron chi connectivity index (χ3n) is 4.53. The number of halogens is 3. The minimum atomic E-state index is -1.85. The molecular formula is C16H22Cl3N4PtS. The van der Waals surface area contributed by atoms with Gasteiger partial charge in [-0.15, -0.1) is 0 Å². The molecule has 3 fully saturated rings. The molecule has 2 saturated heterocycles. The van der Waals surface area contributed by atoms with E-state index in [9.17, 15) is 0 Å². The van der Waals surface area contributed by atoms with Crippen molar-refractivity contribution in [3.05, 3.63) is 35.5 Å². The summed E-state index contributed by atoms with van der Waals surface area (Å²) >= 11 is 2.71. The quantitative estimate of drug-likeness (QED) is 0.161. The molecule has 25 heavy (non-hydrogen) atoms. The average Bonchev–Trinajstić information content (AvgIpc) is 2.93. The van der Waals surface area contributed by atoms with Crippen LogP contribution in [0.2, 0.25) is 0 Å². The Bertz CT molecular complexity index is 563. The van der Waals surface area contributed by atoms with Gasteiger partial charge in [0.25, 0.3) is 0 Å². The third-order valence-corrected chi connectivity index (χ3v) is 4.90. The predicted octanol–water partition coefficient (Wildman–Crippen LogP) is 4.73. The van der Waals surface area contributed by atoms with E-state index in [1.54, 1.807) is 6.20 Å². The van der Waals surface area contributed by atoms with Crippen LogP contribution in [0, 0.1) is 11.8 Å². The van der Waals surface area contributed by atoms with Crippen LogP contribution >= 0.6 is 28.3 Å². The summed E-state index contributed by atoms with van der Waals surface area (Å²) in [6, 6.07) is 5.80. The van der Waals surface area contributed by atoms with Gasteiger partial charge in [0.2, 0.25) is 0 Å². The fraction of sp³-hybridized carbons (Fsp3) is 0.562. The van der Waals surface area contributed by atoms with E-state index in [2.05, 4.69) is 32.6 Å². The number of nitrogens with zero attached hydrogens (tertiary/aromatic N) is 4. The molecule has 1 saturated carbocycles. The topological polar surface area (TPSA) is 42.6 Å². The summed E-state index contributed by atoms with van der Waals surface area (Å²) < 4.78 is 0. The molecule has 0 N–H and O–H groups in total. The number of hydrogen-bond donors (Lipinski definition) is 0. The van der Waals surface area contributed by atoms with E-state index < -0.39 is 14.2 Å². The first kappa shape index (κ1) is 21.5. The number of pyridine rings is 1. The molecule has 1 aliphatic carbocycles. The van der Waals surface area contributed by atoms with Crippen LogP contribution in [0.4, 0.5) is 0 Å². The number of rotatable bonds is 2. The third kappa shape index (κ3) is 7.78. The molecule has 3 aliphatic rings.